The fourth-order valence-electron chi connectivity index (χ4n) is 1.71. The van der Waals surface area contributed by atoms with E-state index in [0.29, 0.717) is 25.9 Å². The Kier molecular flexibility index (Phi) is 3.49. The second kappa shape index (κ2) is 4.44. The Hall–Kier alpha value is -1.06. The van der Waals surface area contributed by atoms with E-state index >= 15 is 0 Å². The number of amides is 1. The van der Waals surface area contributed by atoms with Crippen molar-refractivity contribution in [2.45, 2.75) is 26.7 Å². The van der Waals surface area contributed by atoms with Gasteiger partial charge in [0, 0.05) is 19.0 Å². The molecule has 1 saturated heterocycles. The van der Waals surface area contributed by atoms with Crippen LogP contribution in [-0.2, 0) is 9.59 Å². The van der Waals surface area contributed by atoms with Crippen LogP contribution in [0.1, 0.15) is 26.7 Å². The zero-order valence-corrected chi connectivity index (χ0v) is 8.69. The first-order valence-corrected chi connectivity index (χ1v) is 5.04. The Balaban J connectivity index is 2.43. The molecule has 0 aromatic rings. The number of hydrogen-bond donors (Lipinski definition) is 1. The molecule has 0 radical (unpaired) electrons. The lowest BCUT2D eigenvalue weighted by molar-refractivity contribution is -0.146. The second-order valence-corrected chi connectivity index (χ2v) is 4.09. The molecule has 1 fully saturated rings. The molecule has 14 heavy (non-hydrogen) atoms. The van der Waals surface area contributed by atoms with Crippen LogP contribution in [0.3, 0.4) is 0 Å². The monoisotopic (exact) mass is 199 g/mol. The van der Waals surface area contributed by atoms with E-state index in [1.807, 2.05) is 13.8 Å². The van der Waals surface area contributed by atoms with Crippen LogP contribution in [0.25, 0.3) is 0 Å². The third-order valence-electron chi connectivity index (χ3n) is 2.65. The number of carboxylic acid groups (broad SMARTS) is 1. The molecule has 4 heteroatoms. The van der Waals surface area contributed by atoms with E-state index in [1.165, 1.54) is 0 Å². The fourth-order valence-corrected chi connectivity index (χ4v) is 1.71. The molecule has 0 spiro atoms. The zero-order valence-electron chi connectivity index (χ0n) is 8.69. The van der Waals surface area contributed by atoms with Gasteiger partial charge < -0.3 is 10.0 Å². The standard InChI is InChI=1S/C10H17NO3/c1-7(2)9(12)11-5-3-8(4-6-11)10(13)14/h7-8H,3-6H2,1-2H3,(H,13,14). The van der Waals surface area contributed by atoms with Gasteiger partial charge in [-0.15, -0.1) is 0 Å². The summed E-state index contributed by atoms with van der Waals surface area (Å²) < 4.78 is 0. The predicted octanol–water partition coefficient (Wildman–Crippen LogP) is 0.966. The van der Waals surface area contributed by atoms with Gasteiger partial charge in [0.2, 0.25) is 5.91 Å². The minimum absolute atomic E-state index is 0.0105. The zero-order chi connectivity index (χ0) is 10.7. The largest absolute Gasteiger partial charge is 0.481 e. The molecule has 4 nitrogen and oxygen atoms in total. The van der Waals surface area contributed by atoms with E-state index in [-0.39, 0.29) is 17.7 Å². The molecular formula is C10H17NO3. The molecule has 1 amide bonds. The van der Waals surface area contributed by atoms with Crippen LogP contribution in [0.2, 0.25) is 0 Å². The van der Waals surface area contributed by atoms with Gasteiger partial charge in [-0.1, -0.05) is 13.8 Å². The average Bonchev–Trinajstić information content (AvgIpc) is 2.16. The quantitative estimate of drug-likeness (QED) is 0.720. The highest BCUT2D eigenvalue weighted by molar-refractivity contribution is 5.78. The van der Waals surface area contributed by atoms with Crippen molar-refractivity contribution in [2.24, 2.45) is 11.8 Å². The van der Waals surface area contributed by atoms with Crippen LogP contribution in [0.5, 0.6) is 0 Å². The van der Waals surface area contributed by atoms with Crippen molar-refractivity contribution in [3.05, 3.63) is 0 Å². The summed E-state index contributed by atoms with van der Waals surface area (Å²) in [6.07, 6.45) is 1.18. The molecule has 1 rings (SSSR count). The molecule has 0 saturated carbocycles. The van der Waals surface area contributed by atoms with Crippen LogP contribution in [0.4, 0.5) is 0 Å². The predicted molar refractivity (Wildman–Crippen MR) is 51.8 cm³/mol. The van der Waals surface area contributed by atoms with Crippen LogP contribution in [-0.4, -0.2) is 35.0 Å². The summed E-state index contributed by atoms with van der Waals surface area (Å²) in [5.41, 5.74) is 0. The highest BCUT2D eigenvalue weighted by Crippen LogP contribution is 2.18. The van der Waals surface area contributed by atoms with E-state index < -0.39 is 5.97 Å². The summed E-state index contributed by atoms with van der Waals surface area (Å²) in [4.78, 5) is 24.0. The molecule has 1 aliphatic heterocycles. The molecule has 0 aliphatic carbocycles. The lowest BCUT2D eigenvalue weighted by Crippen LogP contribution is -2.42. The van der Waals surface area contributed by atoms with Crippen LogP contribution in [0.15, 0.2) is 0 Å². The summed E-state index contributed by atoms with van der Waals surface area (Å²) in [6, 6.07) is 0. The van der Waals surface area contributed by atoms with Gasteiger partial charge in [-0.25, -0.2) is 0 Å². The minimum atomic E-state index is -0.735. The average molecular weight is 199 g/mol. The maximum Gasteiger partial charge on any atom is 0.306 e. The van der Waals surface area contributed by atoms with Crippen molar-refractivity contribution in [3.8, 4) is 0 Å². The van der Waals surface area contributed by atoms with Gasteiger partial charge in [-0.05, 0) is 12.8 Å². The van der Waals surface area contributed by atoms with Crippen LogP contribution < -0.4 is 0 Å². The number of hydrogen-bond acceptors (Lipinski definition) is 2. The number of carboxylic acids is 1. The van der Waals surface area contributed by atoms with Crippen molar-refractivity contribution >= 4 is 11.9 Å². The SMILES string of the molecule is CC(C)C(=O)N1CCC(C(=O)O)CC1. The molecule has 0 atom stereocenters. The molecule has 0 aromatic carbocycles. The van der Waals surface area contributed by atoms with Gasteiger partial charge in [0.05, 0.1) is 5.92 Å². The second-order valence-electron chi connectivity index (χ2n) is 4.09. The van der Waals surface area contributed by atoms with Gasteiger partial charge in [0.25, 0.3) is 0 Å². The van der Waals surface area contributed by atoms with Crippen molar-refractivity contribution < 1.29 is 14.7 Å². The minimum Gasteiger partial charge on any atom is -0.481 e. The number of nitrogens with zero attached hydrogens (tertiary/aromatic N) is 1. The van der Waals surface area contributed by atoms with Gasteiger partial charge >= 0.3 is 5.97 Å². The first-order chi connectivity index (χ1) is 6.52. The molecular weight excluding hydrogens is 182 g/mol. The summed E-state index contributed by atoms with van der Waals surface area (Å²) in [7, 11) is 0. The van der Waals surface area contributed by atoms with Crippen molar-refractivity contribution in [2.75, 3.05) is 13.1 Å². The highest BCUT2D eigenvalue weighted by atomic mass is 16.4. The Morgan fingerprint density at radius 2 is 1.79 bits per heavy atom. The van der Waals surface area contributed by atoms with E-state index in [4.69, 9.17) is 5.11 Å². The Bertz CT molecular complexity index is 230. The smallest absolute Gasteiger partial charge is 0.306 e. The Labute approximate surface area is 83.9 Å². The van der Waals surface area contributed by atoms with Crippen molar-refractivity contribution in [3.63, 3.8) is 0 Å². The maximum atomic E-state index is 11.6. The van der Waals surface area contributed by atoms with Gasteiger partial charge in [-0.2, -0.15) is 0 Å². The van der Waals surface area contributed by atoms with Crippen LogP contribution in [0, 0.1) is 11.8 Å². The van der Waals surface area contributed by atoms with E-state index in [0.717, 1.165) is 0 Å². The van der Waals surface area contributed by atoms with Crippen molar-refractivity contribution in [1.29, 1.82) is 0 Å². The molecule has 0 aromatic heterocycles. The van der Waals surface area contributed by atoms with Gasteiger partial charge in [0.1, 0.15) is 0 Å². The molecule has 0 bridgehead atoms. The fraction of sp³-hybridized carbons (Fsp3) is 0.800. The van der Waals surface area contributed by atoms with Gasteiger partial charge in [0.15, 0.2) is 0 Å². The van der Waals surface area contributed by atoms with E-state index in [2.05, 4.69) is 0 Å². The van der Waals surface area contributed by atoms with Crippen molar-refractivity contribution in [1.82, 2.24) is 4.90 Å². The van der Waals surface area contributed by atoms with Gasteiger partial charge in [-0.3, -0.25) is 9.59 Å². The molecule has 0 unspecified atom stereocenters. The van der Waals surface area contributed by atoms with E-state index in [1.54, 1.807) is 4.90 Å². The third-order valence-corrected chi connectivity index (χ3v) is 2.65. The van der Waals surface area contributed by atoms with Crippen LogP contribution >= 0.6 is 0 Å². The number of aliphatic carboxylic acids is 1. The highest BCUT2D eigenvalue weighted by Gasteiger charge is 2.27. The maximum absolute atomic E-state index is 11.6. The Morgan fingerprint density at radius 1 is 1.29 bits per heavy atom. The lowest BCUT2D eigenvalue weighted by Gasteiger charge is -2.31. The number of piperidine rings is 1. The number of carbonyl (C=O) groups excluding carboxylic acids is 1. The molecule has 80 valence electrons. The number of rotatable bonds is 2. The number of carbonyl (C=O) groups is 2. The summed E-state index contributed by atoms with van der Waals surface area (Å²) in [6.45, 7) is 4.92. The lowest BCUT2D eigenvalue weighted by atomic mass is 9.96. The summed E-state index contributed by atoms with van der Waals surface area (Å²) in [5, 5.41) is 8.77. The Morgan fingerprint density at radius 3 is 2.14 bits per heavy atom. The molecule has 1 heterocycles. The summed E-state index contributed by atoms with van der Waals surface area (Å²) >= 11 is 0. The normalized spacial score (nSPS) is 18.6. The summed E-state index contributed by atoms with van der Waals surface area (Å²) in [5.74, 6) is -0.849. The topological polar surface area (TPSA) is 57.6 Å². The molecule has 1 N–H and O–H groups in total. The first kappa shape index (κ1) is 11.0. The first-order valence-electron chi connectivity index (χ1n) is 5.04. The van der Waals surface area contributed by atoms with E-state index in [9.17, 15) is 9.59 Å². The number of likely N-dealkylation sites (tertiary alicyclic amines) is 1. The third kappa shape index (κ3) is 2.47. The molecule has 1 aliphatic rings.